The summed E-state index contributed by atoms with van der Waals surface area (Å²) in [7, 11) is 0. The number of alkyl halides is 3. The summed E-state index contributed by atoms with van der Waals surface area (Å²) in [6.45, 7) is 5.33. The second-order valence-electron chi connectivity index (χ2n) is 8.23. The number of nitro benzene ring substituents is 1. The van der Waals surface area contributed by atoms with Crippen molar-refractivity contribution < 1.29 is 28.0 Å². The number of hydrogen-bond donors (Lipinski definition) is 1. The number of benzene rings is 2. The number of hydrogen-bond acceptors (Lipinski definition) is 5. The maximum absolute atomic E-state index is 13.0. The van der Waals surface area contributed by atoms with E-state index in [1.807, 2.05) is 13.8 Å². The molecule has 3 rings (SSSR count). The van der Waals surface area contributed by atoms with Gasteiger partial charge in [0.05, 0.1) is 4.92 Å². The van der Waals surface area contributed by atoms with Crippen molar-refractivity contribution in [1.82, 2.24) is 4.90 Å². The number of nitro groups is 1. The molecule has 0 saturated carbocycles. The molecule has 0 radical (unpaired) electrons. The van der Waals surface area contributed by atoms with Crippen molar-refractivity contribution in [3.63, 3.8) is 0 Å². The van der Waals surface area contributed by atoms with Gasteiger partial charge in [0.15, 0.2) is 5.60 Å². The van der Waals surface area contributed by atoms with E-state index in [2.05, 4.69) is 4.90 Å². The van der Waals surface area contributed by atoms with Crippen LogP contribution in [0, 0.1) is 10.1 Å². The van der Waals surface area contributed by atoms with Crippen molar-refractivity contribution in [2.24, 2.45) is 0 Å². The highest BCUT2D eigenvalue weighted by Crippen LogP contribution is 2.38. The molecule has 1 heterocycles. The van der Waals surface area contributed by atoms with Gasteiger partial charge in [-0.05, 0) is 50.6 Å². The first-order valence-electron chi connectivity index (χ1n) is 10.0. The average Bonchev–Trinajstić information content (AvgIpc) is 2.74. The Morgan fingerprint density at radius 1 is 1.03 bits per heavy atom. The maximum atomic E-state index is 13.0. The van der Waals surface area contributed by atoms with Gasteiger partial charge in [-0.3, -0.25) is 14.9 Å². The zero-order chi connectivity index (χ0) is 23.8. The monoisotopic (exact) mass is 451 g/mol. The van der Waals surface area contributed by atoms with Gasteiger partial charge in [0.2, 0.25) is 0 Å². The van der Waals surface area contributed by atoms with Crippen molar-refractivity contribution >= 4 is 17.3 Å². The van der Waals surface area contributed by atoms with Gasteiger partial charge >= 0.3 is 6.18 Å². The molecule has 0 bridgehead atoms. The van der Waals surface area contributed by atoms with Crippen molar-refractivity contribution in [3.8, 4) is 0 Å². The molecular formula is C22H24F3N3O4. The number of halogens is 3. The van der Waals surface area contributed by atoms with Crippen LogP contribution in [-0.4, -0.2) is 52.2 Å². The van der Waals surface area contributed by atoms with Crippen LogP contribution in [0.2, 0.25) is 0 Å². The zero-order valence-corrected chi connectivity index (χ0v) is 17.8. The number of rotatable bonds is 4. The predicted octanol–water partition coefficient (Wildman–Crippen LogP) is 4.10. The molecule has 1 saturated heterocycles. The van der Waals surface area contributed by atoms with E-state index in [1.54, 1.807) is 17.0 Å². The third-order valence-electron chi connectivity index (χ3n) is 5.88. The Morgan fingerprint density at radius 3 is 2.09 bits per heavy atom. The smallest absolute Gasteiger partial charge is 0.376 e. The third kappa shape index (κ3) is 4.40. The van der Waals surface area contributed by atoms with E-state index in [-0.39, 0.29) is 34.8 Å². The highest BCUT2D eigenvalue weighted by molar-refractivity contribution is 5.94. The lowest BCUT2D eigenvalue weighted by atomic mass is 9.94. The van der Waals surface area contributed by atoms with E-state index in [4.69, 9.17) is 0 Å². The molecule has 10 heteroatoms. The molecule has 172 valence electrons. The first-order valence-corrected chi connectivity index (χ1v) is 10.0. The van der Waals surface area contributed by atoms with Crippen LogP contribution in [0.1, 0.15) is 36.7 Å². The van der Waals surface area contributed by atoms with Crippen LogP contribution in [0.3, 0.4) is 0 Å². The summed E-state index contributed by atoms with van der Waals surface area (Å²) in [5.74, 6) is -0.314. The number of aliphatic hydroxyl groups is 1. The molecule has 0 aromatic heterocycles. The molecule has 1 N–H and O–H groups in total. The topological polar surface area (TPSA) is 86.9 Å². The summed E-state index contributed by atoms with van der Waals surface area (Å²) in [6.07, 6.45) is -4.84. The van der Waals surface area contributed by atoms with Gasteiger partial charge in [0.1, 0.15) is 0 Å². The van der Waals surface area contributed by atoms with Crippen molar-refractivity contribution in [3.05, 3.63) is 69.8 Å². The van der Waals surface area contributed by atoms with E-state index < -0.39 is 16.7 Å². The largest absolute Gasteiger partial charge is 0.421 e. The quantitative estimate of drug-likeness (QED) is 0.559. The Kier molecular flexibility index (Phi) is 6.19. The van der Waals surface area contributed by atoms with Gasteiger partial charge in [-0.1, -0.05) is 12.1 Å². The number of piperazine rings is 1. The Balaban J connectivity index is 1.74. The standard InChI is InChI=1S/C22H24F3N3O4/c1-14-13-27(15(2)12-26(14)18-8-10-19(11-9-18)28(31)32)20(29)16-4-6-17(7-5-16)21(3,30)22(23,24)25/h4-11,14-15,30H,12-13H2,1-3H3/t14-,15+,21-/m0/s1. The van der Waals surface area contributed by atoms with Crippen molar-refractivity contribution in [1.29, 1.82) is 0 Å². The molecule has 32 heavy (non-hydrogen) atoms. The van der Waals surface area contributed by atoms with Crippen LogP contribution >= 0.6 is 0 Å². The molecule has 1 fully saturated rings. The number of carbonyl (C=O) groups excluding carboxylic acids is 1. The molecule has 0 spiro atoms. The number of anilines is 1. The van der Waals surface area contributed by atoms with E-state index >= 15 is 0 Å². The first-order chi connectivity index (χ1) is 14.8. The number of amides is 1. The van der Waals surface area contributed by atoms with Crippen LogP contribution in [0.5, 0.6) is 0 Å². The molecule has 1 aliphatic rings. The van der Waals surface area contributed by atoms with Crippen molar-refractivity contribution in [2.45, 2.75) is 44.6 Å². The Hall–Kier alpha value is -3.14. The summed E-state index contributed by atoms with van der Waals surface area (Å²) >= 11 is 0. The fourth-order valence-electron chi connectivity index (χ4n) is 3.80. The molecule has 0 unspecified atom stereocenters. The van der Waals surface area contributed by atoms with E-state index in [0.29, 0.717) is 20.0 Å². The molecule has 7 nitrogen and oxygen atoms in total. The number of non-ortho nitro benzene ring substituents is 1. The van der Waals surface area contributed by atoms with Gasteiger partial charge in [-0.2, -0.15) is 13.2 Å². The minimum atomic E-state index is -4.84. The van der Waals surface area contributed by atoms with Gasteiger partial charge in [-0.15, -0.1) is 0 Å². The molecule has 1 aliphatic heterocycles. The molecule has 2 aromatic carbocycles. The minimum absolute atomic E-state index is 0.00351. The lowest BCUT2D eigenvalue weighted by Gasteiger charge is -2.45. The second-order valence-corrected chi connectivity index (χ2v) is 8.23. The Bertz CT molecular complexity index is 991. The molecule has 3 atom stereocenters. The van der Waals surface area contributed by atoms with Crippen LogP contribution in [-0.2, 0) is 5.60 Å². The SMILES string of the molecule is C[C@@H]1CN(c2ccc([N+](=O)[O-])cc2)[C@@H](C)CN1C(=O)c1ccc([C@](C)(O)C(F)(F)F)cc1. The molecule has 1 amide bonds. The third-order valence-corrected chi connectivity index (χ3v) is 5.88. The van der Waals surface area contributed by atoms with Gasteiger partial charge in [0.25, 0.3) is 11.6 Å². The lowest BCUT2D eigenvalue weighted by molar-refractivity contribution is -0.384. The molecular weight excluding hydrogens is 427 g/mol. The van der Waals surface area contributed by atoms with Gasteiger partial charge < -0.3 is 14.9 Å². The van der Waals surface area contributed by atoms with Crippen LogP contribution in [0.4, 0.5) is 24.5 Å². The number of carbonyl (C=O) groups is 1. The summed E-state index contributed by atoms with van der Waals surface area (Å²) in [4.78, 5) is 27.1. The van der Waals surface area contributed by atoms with E-state index in [1.165, 1.54) is 24.3 Å². The number of nitrogens with zero attached hydrogens (tertiary/aromatic N) is 3. The lowest BCUT2D eigenvalue weighted by Crippen LogP contribution is -2.58. The molecule has 2 aromatic rings. The summed E-state index contributed by atoms with van der Waals surface area (Å²) in [6, 6.07) is 10.7. The summed E-state index contributed by atoms with van der Waals surface area (Å²) < 4.78 is 39.1. The summed E-state index contributed by atoms with van der Waals surface area (Å²) in [5, 5.41) is 20.7. The predicted molar refractivity (Wildman–Crippen MR) is 112 cm³/mol. The van der Waals surface area contributed by atoms with E-state index in [0.717, 1.165) is 17.8 Å². The second kappa shape index (κ2) is 8.42. The highest BCUT2D eigenvalue weighted by atomic mass is 19.4. The Labute approximate surface area is 183 Å². The Morgan fingerprint density at radius 2 is 1.59 bits per heavy atom. The van der Waals surface area contributed by atoms with E-state index in [9.17, 15) is 33.2 Å². The van der Waals surface area contributed by atoms with Crippen LogP contribution in [0.15, 0.2) is 48.5 Å². The fraction of sp³-hybridized carbons (Fsp3) is 0.409. The molecule has 0 aliphatic carbocycles. The highest BCUT2D eigenvalue weighted by Gasteiger charge is 2.51. The minimum Gasteiger partial charge on any atom is -0.376 e. The normalized spacial score (nSPS) is 21.2. The average molecular weight is 451 g/mol. The maximum Gasteiger partial charge on any atom is 0.421 e. The fourth-order valence-corrected chi connectivity index (χ4v) is 3.80. The van der Waals surface area contributed by atoms with Gasteiger partial charge in [0, 0.05) is 48.6 Å². The first kappa shape index (κ1) is 23.5. The van der Waals surface area contributed by atoms with Crippen LogP contribution < -0.4 is 4.90 Å². The van der Waals surface area contributed by atoms with Crippen LogP contribution in [0.25, 0.3) is 0 Å². The summed E-state index contributed by atoms with van der Waals surface area (Å²) in [5.41, 5.74) is -2.32. The zero-order valence-electron chi connectivity index (χ0n) is 17.8. The van der Waals surface area contributed by atoms with Gasteiger partial charge in [-0.25, -0.2) is 0 Å². The van der Waals surface area contributed by atoms with Crippen molar-refractivity contribution in [2.75, 3.05) is 18.0 Å².